The van der Waals surface area contributed by atoms with E-state index in [1.54, 1.807) is 94.8 Å². The third-order valence-electron chi connectivity index (χ3n) is 15.3. The molecule has 22 nitrogen and oxygen atoms in total. The number of rotatable bonds is 31. The number of hydrogen-bond donors (Lipinski definition) is 8. The average Bonchev–Trinajstić information content (AvgIpc) is 3.91. The smallest absolute Gasteiger partial charge is 0.410 e. The number of aliphatic hydroxyl groups excluding tert-OH is 1. The Balaban J connectivity index is 1.70. The summed E-state index contributed by atoms with van der Waals surface area (Å²) >= 11 is 0. The lowest BCUT2D eigenvalue weighted by Crippen LogP contribution is -2.60. The summed E-state index contributed by atoms with van der Waals surface area (Å²) in [6.45, 7) is 18.7. The summed E-state index contributed by atoms with van der Waals surface area (Å²) in [7, 11) is 6.12. The van der Waals surface area contributed by atoms with Crippen LogP contribution < -0.4 is 38.1 Å². The minimum absolute atomic E-state index is 0.0747. The number of nitrogens with two attached hydrogens (primary N) is 2. The van der Waals surface area contributed by atoms with Crippen LogP contribution in [-0.4, -0.2) is 163 Å². The highest BCUT2D eigenvalue weighted by Gasteiger charge is 2.44. The highest BCUT2D eigenvalue weighted by atomic mass is 16.6. The number of amides is 9. The predicted molar refractivity (Wildman–Crippen MR) is 305 cm³/mol. The monoisotopic (exact) mass is 1120 g/mol. The number of aliphatic hydroxyl groups is 1. The van der Waals surface area contributed by atoms with Crippen LogP contribution in [0.2, 0.25) is 0 Å². The Kier molecular flexibility index (Phi) is 27.8. The number of carbonyl (C=O) groups is 8. The Bertz CT molecular complexity index is 2320. The third-order valence-corrected chi connectivity index (χ3v) is 15.3. The topological polar surface area (TPSA) is 306 Å². The van der Waals surface area contributed by atoms with Crippen LogP contribution in [0.1, 0.15) is 125 Å². The fraction of sp³-hybridized carbons (Fsp3) is 0.655. The molecule has 0 aliphatic carbocycles. The molecular weight excluding hydrogens is 1030 g/mol. The molecule has 0 bridgehead atoms. The van der Waals surface area contributed by atoms with Crippen LogP contribution in [0.25, 0.3) is 0 Å². The first kappa shape index (κ1) is 67.9. The van der Waals surface area contributed by atoms with Gasteiger partial charge in [0.05, 0.1) is 54.8 Å². The molecule has 10 N–H and O–H groups in total. The second-order valence-corrected chi connectivity index (χ2v) is 22.3. The maximum atomic E-state index is 14.7. The molecule has 1 aliphatic rings. The molecular formula is C58H94N10O12. The Morgan fingerprint density at radius 1 is 0.775 bits per heavy atom. The van der Waals surface area contributed by atoms with Gasteiger partial charge in [-0.1, -0.05) is 111 Å². The minimum Gasteiger partial charge on any atom is -0.445 e. The van der Waals surface area contributed by atoms with E-state index in [9.17, 15) is 43.5 Å². The van der Waals surface area contributed by atoms with Gasteiger partial charge in [-0.25, -0.2) is 9.59 Å². The van der Waals surface area contributed by atoms with Crippen molar-refractivity contribution < 1.29 is 57.7 Å². The van der Waals surface area contributed by atoms with Gasteiger partial charge in [0.1, 0.15) is 24.7 Å². The van der Waals surface area contributed by atoms with Gasteiger partial charge in [0.25, 0.3) is 0 Å². The summed E-state index contributed by atoms with van der Waals surface area (Å²) < 4.78 is 17.7. The molecule has 1 aliphatic heterocycles. The van der Waals surface area contributed by atoms with Crippen molar-refractivity contribution in [2.45, 2.75) is 175 Å². The lowest BCUT2D eigenvalue weighted by molar-refractivity contribution is -0.148. The molecule has 448 valence electrons. The zero-order chi connectivity index (χ0) is 60.1. The maximum Gasteiger partial charge on any atom is 0.410 e. The van der Waals surface area contributed by atoms with Gasteiger partial charge in [-0.05, 0) is 79.5 Å². The summed E-state index contributed by atoms with van der Waals surface area (Å²) in [5, 5.41) is 24.8. The molecule has 80 heavy (non-hydrogen) atoms. The van der Waals surface area contributed by atoms with Crippen LogP contribution in [0.3, 0.4) is 0 Å². The van der Waals surface area contributed by atoms with Crippen molar-refractivity contribution in [3.8, 4) is 0 Å². The first-order valence-electron chi connectivity index (χ1n) is 28.0. The molecule has 0 unspecified atom stereocenters. The Morgan fingerprint density at radius 3 is 1.96 bits per heavy atom. The highest BCUT2D eigenvalue weighted by Crippen LogP contribution is 2.30. The fourth-order valence-corrected chi connectivity index (χ4v) is 10.2. The van der Waals surface area contributed by atoms with Crippen LogP contribution in [0.5, 0.6) is 0 Å². The molecule has 12 atom stereocenters. The van der Waals surface area contributed by atoms with Gasteiger partial charge in [-0.2, -0.15) is 0 Å². The average molecular weight is 1120 g/mol. The van der Waals surface area contributed by atoms with E-state index in [4.69, 9.17) is 25.7 Å². The number of carbonyl (C=O) groups excluding carboxylic acids is 8. The van der Waals surface area contributed by atoms with Gasteiger partial charge < -0.3 is 67.2 Å². The normalized spacial score (nSPS) is 17.6. The Hall–Kier alpha value is -6.36. The lowest BCUT2D eigenvalue weighted by Gasteiger charge is -2.41. The Labute approximate surface area is 473 Å². The first-order valence-corrected chi connectivity index (χ1v) is 28.0. The van der Waals surface area contributed by atoms with Gasteiger partial charge in [0, 0.05) is 47.1 Å². The lowest BCUT2D eigenvalue weighted by atomic mass is 9.89. The van der Waals surface area contributed by atoms with E-state index in [0.29, 0.717) is 49.0 Å². The number of methoxy groups -OCH3 is 2. The van der Waals surface area contributed by atoms with Crippen molar-refractivity contribution in [1.82, 2.24) is 36.0 Å². The molecule has 3 rings (SSSR count). The molecule has 0 saturated carbocycles. The second kappa shape index (κ2) is 32.8. The van der Waals surface area contributed by atoms with Crippen molar-refractivity contribution in [3.05, 3.63) is 65.7 Å². The fourth-order valence-electron chi connectivity index (χ4n) is 10.2. The molecule has 1 saturated heterocycles. The van der Waals surface area contributed by atoms with Gasteiger partial charge >= 0.3 is 12.1 Å². The van der Waals surface area contributed by atoms with Crippen molar-refractivity contribution in [3.63, 3.8) is 0 Å². The predicted octanol–water partition coefficient (Wildman–Crippen LogP) is 4.43. The van der Waals surface area contributed by atoms with Crippen LogP contribution in [0.15, 0.2) is 54.6 Å². The van der Waals surface area contributed by atoms with Gasteiger partial charge in [0.2, 0.25) is 35.4 Å². The zero-order valence-electron chi connectivity index (χ0n) is 49.7. The number of likely N-dealkylation sites (tertiary alicyclic amines) is 1. The number of hydrogen-bond acceptors (Lipinski definition) is 13. The van der Waals surface area contributed by atoms with E-state index < -0.39 is 114 Å². The molecule has 0 radical (unpaired) electrons. The minimum atomic E-state index is -1.05. The molecule has 1 fully saturated rings. The van der Waals surface area contributed by atoms with Gasteiger partial charge in [-0.3, -0.25) is 33.7 Å². The van der Waals surface area contributed by atoms with E-state index in [2.05, 4.69) is 26.6 Å². The quantitative estimate of drug-likeness (QED) is 0.0485. The standard InChI is InChI=1S/C58H94N10O12/c1-15-36(8)49(44(78-13)31-45(69)68-30-20-24-43(68)51(79-14)37(9)52(71)62-38(10)50(70)40-21-17-16-18-22-40)66(11)56(75)47(34(4)5)65-55(74)48(35(6)7)67(12)58(77)80-32-39-25-27-41(28-26-39)63-53(72)42(23-19-29-61-57(60)76)64-54(73)46(59)33(2)3/h16-18,21-22,25-28,33-38,42-44,46-51,70H,15,19-20,23-24,29-32,59H2,1-14H3,(H,62,71)(H,63,72)(H,64,73)(H,65,74)(H3,60,61,76)/t36-,37-,38-,42-,43-,44+,46-,47-,48-,49-,50-,51+/m0/s1. The number of benzene rings is 2. The maximum absolute atomic E-state index is 14.7. The van der Waals surface area contributed by atoms with Gasteiger partial charge in [0.15, 0.2) is 0 Å². The molecule has 9 amide bonds. The summed E-state index contributed by atoms with van der Waals surface area (Å²) in [6, 6.07) is 9.37. The van der Waals surface area contributed by atoms with Gasteiger partial charge in [-0.15, -0.1) is 0 Å². The molecule has 22 heteroatoms. The number of primary amides is 1. The number of anilines is 1. The number of likely N-dealkylation sites (N-methyl/N-ethyl adjacent to an activating group) is 2. The van der Waals surface area contributed by atoms with E-state index >= 15 is 0 Å². The summed E-state index contributed by atoms with van der Waals surface area (Å²) in [5.74, 6) is -4.32. The number of urea groups is 1. The van der Waals surface area contributed by atoms with Crippen molar-refractivity contribution in [2.24, 2.45) is 41.1 Å². The van der Waals surface area contributed by atoms with E-state index in [0.717, 1.165) is 0 Å². The number of nitrogens with one attached hydrogen (secondary N) is 5. The summed E-state index contributed by atoms with van der Waals surface area (Å²) in [5.41, 5.74) is 12.8. The largest absolute Gasteiger partial charge is 0.445 e. The molecule has 1 heterocycles. The van der Waals surface area contributed by atoms with Crippen LogP contribution in [0, 0.1) is 29.6 Å². The highest BCUT2D eigenvalue weighted by molar-refractivity contribution is 5.98. The van der Waals surface area contributed by atoms with Crippen LogP contribution >= 0.6 is 0 Å². The SMILES string of the molecule is CC[C@H](C)[C@@H]([C@@H](CC(=O)N1CCC[C@H]1[C@H](OC)[C@H](C)C(=O)N[C@@H](C)[C@H](O)c1ccccc1)OC)N(C)C(=O)[C@@H](NC(=O)[C@H](C(C)C)N(C)C(=O)OCc1ccc(NC(=O)[C@H](CCCNC(N)=O)NC(=O)[C@@H](N)C(C)C)cc1)C(C)C. The van der Waals surface area contributed by atoms with E-state index in [1.165, 1.54) is 26.2 Å². The van der Waals surface area contributed by atoms with E-state index in [1.807, 2.05) is 45.9 Å². The summed E-state index contributed by atoms with van der Waals surface area (Å²) in [6.07, 6.45) is -0.736. The van der Waals surface area contributed by atoms with Crippen molar-refractivity contribution in [2.75, 3.05) is 46.7 Å². The summed E-state index contributed by atoms with van der Waals surface area (Å²) in [4.78, 5) is 112. The van der Waals surface area contributed by atoms with Crippen LogP contribution in [0.4, 0.5) is 15.3 Å². The second-order valence-electron chi connectivity index (χ2n) is 22.3. The van der Waals surface area contributed by atoms with Crippen LogP contribution in [-0.2, 0) is 49.6 Å². The number of ether oxygens (including phenoxy) is 3. The van der Waals surface area contributed by atoms with E-state index in [-0.39, 0.29) is 49.6 Å². The van der Waals surface area contributed by atoms with Crippen molar-refractivity contribution >= 4 is 53.3 Å². The third kappa shape index (κ3) is 19.4. The molecule has 0 spiro atoms. The zero-order valence-corrected chi connectivity index (χ0v) is 49.7. The number of nitrogens with zero attached hydrogens (tertiary/aromatic N) is 3. The first-order chi connectivity index (χ1) is 37.7. The molecule has 2 aromatic rings. The Morgan fingerprint density at radius 2 is 1.41 bits per heavy atom. The molecule has 2 aromatic carbocycles. The molecule has 0 aromatic heterocycles. The van der Waals surface area contributed by atoms with Crippen molar-refractivity contribution in [1.29, 1.82) is 0 Å².